The van der Waals surface area contributed by atoms with Crippen molar-refractivity contribution >= 4 is 34.2 Å². The number of rotatable bonds is 5. The van der Waals surface area contributed by atoms with Gasteiger partial charge in [0.1, 0.15) is 0 Å². The van der Waals surface area contributed by atoms with Crippen molar-refractivity contribution in [3.8, 4) is 11.1 Å². The number of carbonyl (C=O) groups is 2. The first kappa shape index (κ1) is 18.9. The summed E-state index contributed by atoms with van der Waals surface area (Å²) in [6.45, 7) is 0. The molecule has 2 aromatic carbocycles. The fourth-order valence-corrected chi connectivity index (χ4v) is 3.91. The van der Waals surface area contributed by atoms with Gasteiger partial charge in [0.15, 0.2) is 5.82 Å². The number of nitrogen functional groups attached to an aromatic ring is 1. The van der Waals surface area contributed by atoms with E-state index >= 15 is 0 Å². The van der Waals surface area contributed by atoms with Crippen molar-refractivity contribution in [1.82, 2.24) is 9.78 Å². The average molecular weight is 389 g/mol. The van der Waals surface area contributed by atoms with Crippen LogP contribution in [0, 0.1) is 0 Å². The molecule has 0 aliphatic heterocycles. The van der Waals surface area contributed by atoms with Crippen LogP contribution in [0.4, 0.5) is 5.82 Å². The smallest absolute Gasteiger partial charge is 0.303 e. The maximum atomic E-state index is 12.4. The maximum absolute atomic E-state index is 12.4. The normalized spacial score (nSPS) is 14.0. The average Bonchev–Trinajstić information content (AvgIpc) is 3.10. The number of nitrogens with two attached hydrogens (primary N) is 1. The fourth-order valence-electron chi connectivity index (χ4n) is 3.91. The molecule has 0 atom stereocenters. The lowest BCUT2D eigenvalue weighted by Gasteiger charge is -2.13. The Morgan fingerprint density at radius 2 is 1.79 bits per heavy atom. The van der Waals surface area contributed by atoms with E-state index in [-0.39, 0.29) is 24.6 Å². The highest BCUT2D eigenvalue weighted by Gasteiger charge is 2.18. The molecule has 0 saturated carbocycles. The molecule has 29 heavy (non-hydrogen) atoms. The van der Waals surface area contributed by atoms with Crippen molar-refractivity contribution in [2.45, 2.75) is 38.5 Å². The first-order valence-electron chi connectivity index (χ1n) is 9.86. The zero-order valence-electron chi connectivity index (χ0n) is 16.1. The molecule has 1 aliphatic carbocycles. The molecule has 0 fully saturated rings. The number of aliphatic carboxylic acids is 1. The Bertz CT molecular complexity index is 1110. The highest BCUT2D eigenvalue weighted by atomic mass is 16.4. The molecule has 3 N–H and O–H groups in total. The van der Waals surface area contributed by atoms with Gasteiger partial charge in [0, 0.05) is 6.42 Å². The number of hydrogen-bond donors (Lipinski definition) is 2. The lowest BCUT2D eigenvalue weighted by atomic mass is 9.92. The van der Waals surface area contributed by atoms with Crippen LogP contribution in [-0.2, 0) is 4.79 Å². The highest BCUT2D eigenvalue weighted by Crippen LogP contribution is 2.34. The molecule has 6 nitrogen and oxygen atoms in total. The van der Waals surface area contributed by atoms with Crippen molar-refractivity contribution in [2.24, 2.45) is 0 Å². The van der Waals surface area contributed by atoms with Crippen LogP contribution in [0.15, 0.2) is 48.5 Å². The number of carboxylic acids is 1. The summed E-state index contributed by atoms with van der Waals surface area (Å²) in [6, 6.07) is 14.0. The van der Waals surface area contributed by atoms with E-state index < -0.39 is 5.97 Å². The van der Waals surface area contributed by atoms with Crippen molar-refractivity contribution in [2.75, 3.05) is 5.73 Å². The van der Waals surface area contributed by atoms with E-state index in [1.807, 2.05) is 12.1 Å². The zero-order valence-corrected chi connectivity index (χ0v) is 16.1. The molecule has 6 heteroatoms. The van der Waals surface area contributed by atoms with Gasteiger partial charge >= 0.3 is 5.97 Å². The highest BCUT2D eigenvalue weighted by molar-refractivity contribution is 6.05. The molecule has 1 heterocycles. The van der Waals surface area contributed by atoms with E-state index in [0.29, 0.717) is 10.9 Å². The minimum absolute atomic E-state index is 0.125. The number of nitrogens with zero attached hydrogens (tertiary/aromatic N) is 2. The Morgan fingerprint density at radius 1 is 1.03 bits per heavy atom. The number of carboxylic acid groups (broad SMARTS) is 1. The number of fused-ring (bicyclic) bond motifs is 1. The standard InChI is InChI=1S/C23H23N3O3/c24-23-22-18(17-11-9-16(10-12-17)15-5-2-1-3-6-15)7-4-8-19(22)26(25-23)20(27)13-14-21(28)29/h4-5,7-12H,1-3,6,13-14H2,(H2,24,25)(H,28,29). The summed E-state index contributed by atoms with van der Waals surface area (Å²) in [5.41, 5.74) is 11.3. The predicted octanol–water partition coefficient (Wildman–Crippen LogP) is 4.75. The molecule has 1 aliphatic rings. The van der Waals surface area contributed by atoms with Gasteiger partial charge in [0.2, 0.25) is 5.91 Å². The number of benzene rings is 2. The number of hydrogen-bond acceptors (Lipinski definition) is 4. The van der Waals surface area contributed by atoms with Gasteiger partial charge in [-0.1, -0.05) is 42.5 Å². The second kappa shape index (κ2) is 7.91. The number of allylic oxidation sites excluding steroid dienone is 2. The topological polar surface area (TPSA) is 98.2 Å². The first-order chi connectivity index (χ1) is 14.0. The van der Waals surface area contributed by atoms with Crippen LogP contribution < -0.4 is 5.73 Å². The van der Waals surface area contributed by atoms with Gasteiger partial charge in [0.25, 0.3) is 0 Å². The van der Waals surface area contributed by atoms with E-state index in [2.05, 4.69) is 35.4 Å². The zero-order chi connectivity index (χ0) is 20.4. The molecule has 3 aromatic rings. The second-order valence-corrected chi connectivity index (χ2v) is 7.34. The molecule has 0 saturated heterocycles. The van der Waals surface area contributed by atoms with Crippen LogP contribution in [0.5, 0.6) is 0 Å². The van der Waals surface area contributed by atoms with Gasteiger partial charge in [0.05, 0.1) is 17.3 Å². The van der Waals surface area contributed by atoms with Gasteiger partial charge in [-0.05, 0) is 54.0 Å². The largest absolute Gasteiger partial charge is 0.481 e. The van der Waals surface area contributed by atoms with Crippen molar-refractivity contribution in [3.05, 3.63) is 54.1 Å². The molecule has 0 unspecified atom stereocenters. The summed E-state index contributed by atoms with van der Waals surface area (Å²) in [4.78, 5) is 23.2. The third-order valence-corrected chi connectivity index (χ3v) is 5.38. The van der Waals surface area contributed by atoms with E-state index in [0.717, 1.165) is 24.0 Å². The first-order valence-corrected chi connectivity index (χ1v) is 9.86. The Morgan fingerprint density at radius 3 is 2.48 bits per heavy atom. The summed E-state index contributed by atoms with van der Waals surface area (Å²) >= 11 is 0. The second-order valence-electron chi connectivity index (χ2n) is 7.34. The van der Waals surface area contributed by atoms with Crippen molar-refractivity contribution in [3.63, 3.8) is 0 Å². The van der Waals surface area contributed by atoms with Gasteiger partial charge in [-0.3, -0.25) is 9.59 Å². The van der Waals surface area contributed by atoms with Gasteiger partial charge in [-0.2, -0.15) is 4.68 Å². The van der Waals surface area contributed by atoms with E-state index in [4.69, 9.17) is 10.8 Å². The van der Waals surface area contributed by atoms with E-state index in [9.17, 15) is 9.59 Å². The fraction of sp³-hybridized carbons (Fsp3) is 0.261. The number of aromatic nitrogens is 2. The SMILES string of the molecule is Nc1nn(C(=O)CCC(=O)O)c2cccc(-c3ccc(C4=CCCCC4)cc3)c12. The van der Waals surface area contributed by atoms with E-state index in [1.54, 1.807) is 6.07 Å². The monoisotopic (exact) mass is 389 g/mol. The summed E-state index contributed by atoms with van der Waals surface area (Å²) in [5, 5.41) is 13.7. The van der Waals surface area contributed by atoms with Gasteiger partial charge in [-0.25, -0.2) is 0 Å². The molecule has 0 radical (unpaired) electrons. The Kier molecular flexibility index (Phi) is 5.16. The summed E-state index contributed by atoms with van der Waals surface area (Å²) in [6.07, 6.45) is 6.71. The third-order valence-electron chi connectivity index (χ3n) is 5.38. The maximum Gasteiger partial charge on any atom is 0.303 e. The molecule has 1 aromatic heterocycles. The third kappa shape index (κ3) is 3.78. The van der Waals surface area contributed by atoms with Crippen LogP contribution in [0.25, 0.3) is 27.6 Å². The molecule has 4 rings (SSSR count). The quantitative estimate of drug-likeness (QED) is 0.656. The molecular formula is C23H23N3O3. The van der Waals surface area contributed by atoms with Crippen LogP contribution in [0.1, 0.15) is 48.9 Å². The molecular weight excluding hydrogens is 366 g/mol. The minimum atomic E-state index is -1.02. The number of carbonyl (C=O) groups excluding carboxylic acids is 1. The van der Waals surface area contributed by atoms with E-state index in [1.165, 1.54) is 28.7 Å². The van der Waals surface area contributed by atoms with Crippen molar-refractivity contribution < 1.29 is 14.7 Å². The summed E-state index contributed by atoms with van der Waals surface area (Å²) in [5.74, 6) is -1.14. The predicted molar refractivity (Wildman–Crippen MR) is 114 cm³/mol. The summed E-state index contributed by atoms with van der Waals surface area (Å²) < 4.78 is 1.22. The van der Waals surface area contributed by atoms with Gasteiger partial charge < -0.3 is 10.8 Å². The Labute approximate surface area is 168 Å². The van der Waals surface area contributed by atoms with Crippen LogP contribution in [-0.4, -0.2) is 26.8 Å². The summed E-state index contributed by atoms with van der Waals surface area (Å²) in [7, 11) is 0. The molecule has 148 valence electrons. The molecule has 0 amide bonds. The van der Waals surface area contributed by atoms with Gasteiger partial charge in [-0.15, -0.1) is 5.10 Å². The lowest BCUT2D eigenvalue weighted by molar-refractivity contribution is -0.137. The molecule has 0 spiro atoms. The Hall–Kier alpha value is -3.41. The lowest BCUT2D eigenvalue weighted by Crippen LogP contribution is -2.14. The van der Waals surface area contributed by atoms with Crippen molar-refractivity contribution in [1.29, 1.82) is 0 Å². The van der Waals surface area contributed by atoms with Crippen LogP contribution in [0.2, 0.25) is 0 Å². The number of anilines is 1. The minimum Gasteiger partial charge on any atom is -0.481 e. The molecule has 0 bridgehead atoms. The Balaban J connectivity index is 1.70. The van der Waals surface area contributed by atoms with Crippen LogP contribution >= 0.6 is 0 Å². The van der Waals surface area contributed by atoms with Crippen LogP contribution in [0.3, 0.4) is 0 Å².